The average Bonchev–Trinajstić information content (AvgIpc) is 2.79. The Hall–Kier alpha value is -3.61. The van der Waals surface area contributed by atoms with Crippen LogP contribution in [0.3, 0.4) is 0 Å². The van der Waals surface area contributed by atoms with Crippen molar-refractivity contribution in [3.8, 4) is 11.8 Å². The summed E-state index contributed by atoms with van der Waals surface area (Å²) in [5.74, 6) is -13.2. The lowest BCUT2D eigenvalue weighted by Crippen LogP contribution is -2.23. The van der Waals surface area contributed by atoms with Crippen molar-refractivity contribution in [3.63, 3.8) is 0 Å². The van der Waals surface area contributed by atoms with E-state index in [-0.39, 0.29) is 18.4 Å². The van der Waals surface area contributed by atoms with E-state index < -0.39 is 46.7 Å². The molecule has 0 spiro atoms. The van der Waals surface area contributed by atoms with Gasteiger partial charge in [-0.1, -0.05) is 12.1 Å². The van der Waals surface area contributed by atoms with Crippen LogP contribution in [0.4, 0.5) is 38.2 Å². The second kappa shape index (κ2) is 10.5. The first-order chi connectivity index (χ1) is 16.1. The fraction of sp³-hybridized carbons (Fsp3) is 0.286. The molecule has 1 N–H and O–H groups in total. The molecule has 0 aliphatic heterocycles. The van der Waals surface area contributed by atoms with Crippen LogP contribution in [0.15, 0.2) is 24.3 Å². The fourth-order valence-electron chi connectivity index (χ4n) is 2.78. The van der Waals surface area contributed by atoms with Crippen LogP contribution in [0.2, 0.25) is 0 Å². The smallest absolute Gasteiger partial charge is 0.328 e. The Bertz CT molecular complexity index is 1150. The summed E-state index contributed by atoms with van der Waals surface area (Å²) in [5, 5.41) is 2.87. The second-order valence-corrected chi connectivity index (χ2v) is 7.46. The molecule has 1 heterocycles. The summed E-state index contributed by atoms with van der Waals surface area (Å²) in [4.78, 5) is 15.3. The number of halogens is 6. The molecule has 1 aromatic heterocycles. The first-order valence-electron chi connectivity index (χ1n) is 9.86. The van der Waals surface area contributed by atoms with Gasteiger partial charge < -0.3 is 19.9 Å². The minimum Gasteiger partial charge on any atom is -0.418 e. The van der Waals surface area contributed by atoms with E-state index in [2.05, 4.69) is 20.3 Å². The van der Waals surface area contributed by atoms with Gasteiger partial charge in [-0.25, -0.2) is 17.6 Å². The number of anilines is 2. The highest BCUT2D eigenvalue weighted by molar-refractivity contribution is 5.40. The van der Waals surface area contributed by atoms with E-state index in [4.69, 9.17) is 4.74 Å². The number of benzene rings is 2. The molecule has 0 unspecified atom stereocenters. The van der Waals surface area contributed by atoms with Crippen molar-refractivity contribution in [1.29, 1.82) is 0 Å². The van der Waals surface area contributed by atoms with Crippen molar-refractivity contribution in [2.24, 2.45) is 0 Å². The van der Waals surface area contributed by atoms with E-state index in [1.165, 1.54) is 23.1 Å². The summed E-state index contributed by atoms with van der Waals surface area (Å²) in [6.07, 6.45) is 0. The standard InChI is InChI=1S/C21H20F6N6O/c1-32(2)8-7-28-19-29-20(33(3)10-11-5-4-6-12(22)9-11)31-21(30-19)34-18-16(26)14(24)13(23)15(25)17(18)27/h4-6,9H,7-8,10H2,1-3H3,(H,28,29,30,31). The number of hydrogen-bond acceptors (Lipinski definition) is 7. The van der Waals surface area contributed by atoms with Crippen molar-refractivity contribution in [3.05, 3.63) is 64.7 Å². The van der Waals surface area contributed by atoms with Gasteiger partial charge in [0.05, 0.1) is 0 Å². The molecule has 0 bridgehead atoms. The molecule has 3 aromatic rings. The Balaban J connectivity index is 1.96. The number of nitrogens with one attached hydrogen (secondary N) is 1. The number of nitrogens with zero attached hydrogens (tertiary/aromatic N) is 5. The molecule has 0 saturated heterocycles. The second-order valence-electron chi connectivity index (χ2n) is 7.46. The molecule has 34 heavy (non-hydrogen) atoms. The average molecular weight is 486 g/mol. The van der Waals surface area contributed by atoms with Crippen LogP contribution >= 0.6 is 0 Å². The summed E-state index contributed by atoms with van der Waals surface area (Å²) < 4.78 is 87.0. The maximum absolute atomic E-state index is 14.1. The monoisotopic (exact) mass is 486 g/mol. The quantitative estimate of drug-likeness (QED) is 0.278. The predicted octanol–water partition coefficient (Wildman–Crippen LogP) is 4.11. The lowest BCUT2D eigenvalue weighted by molar-refractivity contribution is 0.322. The lowest BCUT2D eigenvalue weighted by atomic mass is 10.2. The van der Waals surface area contributed by atoms with Crippen molar-refractivity contribution >= 4 is 11.9 Å². The largest absolute Gasteiger partial charge is 0.418 e. The third-order valence-electron chi connectivity index (χ3n) is 4.46. The van der Waals surface area contributed by atoms with E-state index >= 15 is 0 Å². The number of ether oxygens (including phenoxy) is 1. The SMILES string of the molecule is CN(C)CCNc1nc(Oc2c(F)c(F)c(F)c(F)c2F)nc(N(C)Cc2cccc(F)c2)n1. The molecule has 0 aliphatic rings. The van der Waals surface area contributed by atoms with Crippen LogP contribution in [-0.2, 0) is 6.54 Å². The van der Waals surface area contributed by atoms with E-state index in [0.29, 0.717) is 18.7 Å². The van der Waals surface area contributed by atoms with Gasteiger partial charge in [0.25, 0.3) is 0 Å². The zero-order valence-electron chi connectivity index (χ0n) is 18.3. The molecule has 0 fully saturated rings. The number of aromatic nitrogens is 3. The zero-order chi connectivity index (χ0) is 25.0. The van der Waals surface area contributed by atoms with Crippen molar-refractivity contribution in [2.45, 2.75) is 6.54 Å². The van der Waals surface area contributed by atoms with Gasteiger partial charge in [0.1, 0.15) is 5.82 Å². The van der Waals surface area contributed by atoms with E-state index in [1.54, 1.807) is 13.1 Å². The summed E-state index contributed by atoms with van der Waals surface area (Å²) in [6.45, 7) is 1.04. The highest BCUT2D eigenvalue weighted by atomic mass is 19.2. The molecule has 0 saturated carbocycles. The molecule has 7 nitrogen and oxygen atoms in total. The van der Waals surface area contributed by atoms with Crippen LogP contribution in [-0.4, -0.2) is 54.1 Å². The summed E-state index contributed by atoms with van der Waals surface area (Å²) in [6, 6.07) is 5.02. The van der Waals surface area contributed by atoms with Crippen LogP contribution in [0.1, 0.15) is 5.56 Å². The van der Waals surface area contributed by atoms with Gasteiger partial charge in [-0.15, -0.1) is 0 Å². The van der Waals surface area contributed by atoms with Crippen molar-refractivity contribution in [2.75, 3.05) is 44.4 Å². The molecule has 3 rings (SSSR count). The minimum atomic E-state index is -2.32. The molecular weight excluding hydrogens is 466 g/mol. The Morgan fingerprint density at radius 3 is 2.12 bits per heavy atom. The van der Waals surface area contributed by atoms with Crippen molar-refractivity contribution in [1.82, 2.24) is 19.9 Å². The van der Waals surface area contributed by atoms with Crippen LogP contribution in [0, 0.1) is 34.9 Å². The van der Waals surface area contributed by atoms with Gasteiger partial charge in [0.2, 0.25) is 46.7 Å². The molecular formula is C21H20F6N6O. The molecule has 13 heteroatoms. The maximum Gasteiger partial charge on any atom is 0.328 e. The minimum absolute atomic E-state index is 0.0644. The van der Waals surface area contributed by atoms with Gasteiger partial charge in [-0.05, 0) is 31.8 Å². The first kappa shape index (κ1) is 25.0. The van der Waals surface area contributed by atoms with Crippen molar-refractivity contribution < 1.29 is 31.1 Å². The van der Waals surface area contributed by atoms with Gasteiger partial charge >= 0.3 is 6.01 Å². The maximum atomic E-state index is 14.1. The Morgan fingerprint density at radius 1 is 0.853 bits per heavy atom. The third-order valence-corrected chi connectivity index (χ3v) is 4.46. The highest BCUT2D eigenvalue weighted by Gasteiger charge is 2.28. The summed E-state index contributed by atoms with van der Waals surface area (Å²) in [5.41, 5.74) is 0.562. The molecule has 0 amide bonds. The first-order valence-corrected chi connectivity index (χ1v) is 9.86. The lowest BCUT2D eigenvalue weighted by Gasteiger charge is -2.19. The normalized spacial score (nSPS) is 11.1. The fourth-order valence-corrected chi connectivity index (χ4v) is 2.78. The molecule has 0 aliphatic carbocycles. The van der Waals surface area contributed by atoms with Gasteiger partial charge in [0, 0.05) is 26.7 Å². The van der Waals surface area contributed by atoms with Gasteiger partial charge in [-0.2, -0.15) is 23.7 Å². The highest BCUT2D eigenvalue weighted by Crippen LogP contribution is 2.32. The third kappa shape index (κ3) is 5.84. The van der Waals surface area contributed by atoms with E-state index in [1.807, 2.05) is 19.0 Å². The molecule has 0 radical (unpaired) electrons. The Morgan fingerprint density at radius 2 is 1.50 bits per heavy atom. The molecule has 2 aromatic carbocycles. The van der Waals surface area contributed by atoms with E-state index in [0.717, 1.165) is 0 Å². The predicted molar refractivity (Wildman–Crippen MR) is 112 cm³/mol. The van der Waals surface area contributed by atoms with E-state index in [9.17, 15) is 26.3 Å². The number of likely N-dealkylation sites (N-methyl/N-ethyl adjacent to an activating group) is 1. The number of rotatable bonds is 9. The number of hydrogen-bond donors (Lipinski definition) is 1. The summed E-state index contributed by atoms with van der Waals surface area (Å²) in [7, 11) is 5.20. The zero-order valence-corrected chi connectivity index (χ0v) is 18.3. The molecule has 0 atom stereocenters. The molecule has 182 valence electrons. The van der Waals surface area contributed by atoms with Crippen LogP contribution in [0.25, 0.3) is 0 Å². The van der Waals surface area contributed by atoms with Gasteiger partial charge in [-0.3, -0.25) is 0 Å². The Labute approximate surface area is 191 Å². The van der Waals surface area contributed by atoms with Crippen LogP contribution < -0.4 is 15.0 Å². The topological polar surface area (TPSA) is 66.4 Å². The van der Waals surface area contributed by atoms with Crippen LogP contribution in [0.5, 0.6) is 11.8 Å². The Kier molecular flexibility index (Phi) is 7.76. The van der Waals surface area contributed by atoms with Gasteiger partial charge in [0.15, 0.2) is 0 Å². The summed E-state index contributed by atoms with van der Waals surface area (Å²) >= 11 is 0.